The number of ether oxygens (including phenoxy) is 1. The van der Waals surface area contributed by atoms with Crippen LogP contribution in [0.4, 0.5) is 0 Å². The molecule has 0 fully saturated rings. The largest absolute Gasteiger partial charge is 0.497 e. The Morgan fingerprint density at radius 1 is 1.19 bits per heavy atom. The van der Waals surface area contributed by atoms with Crippen molar-refractivity contribution in [2.24, 2.45) is 0 Å². The Morgan fingerprint density at radius 3 is 2.76 bits per heavy atom. The van der Waals surface area contributed by atoms with Crippen LogP contribution in [0, 0.1) is 6.92 Å². The van der Waals surface area contributed by atoms with Crippen molar-refractivity contribution >= 4 is 22.6 Å². The van der Waals surface area contributed by atoms with E-state index in [0.29, 0.717) is 5.88 Å². The molecular formula is C17H17ClN2O. The number of halogens is 1. The first-order valence-electron chi connectivity index (χ1n) is 6.91. The molecule has 21 heavy (non-hydrogen) atoms. The molecule has 4 heteroatoms. The number of rotatable bonds is 4. The van der Waals surface area contributed by atoms with Gasteiger partial charge in [-0.1, -0.05) is 12.1 Å². The normalized spacial score (nSPS) is 11.0. The highest BCUT2D eigenvalue weighted by molar-refractivity contribution is 6.17. The van der Waals surface area contributed by atoms with Crippen molar-refractivity contribution in [1.29, 1.82) is 0 Å². The molecule has 2 aromatic carbocycles. The molecule has 108 valence electrons. The number of imidazole rings is 1. The summed E-state index contributed by atoms with van der Waals surface area (Å²) >= 11 is 5.93. The summed E-state index contributed by atoms with van der Waals surface area (Å²) in [5.41, 5.74) is 4.33. The third kappa shape index (κ3) is 2.61. The van der Waals surface area contributed by atoms with Crippen molar-refractivity contribution in [2.75, 3.05) is 13.0 Å². The molecule has 0 bridgehead atoms. The van der Waals surface area contributed by atoms with E-state index in [4.69, 9.17) is 21.3 Å². The minimum atomic E-state index is 0.548. The number of hydrogen-bond donors (Lipinski definition) is 0. The van der Waals surface area contributed by atoms with Crippen LogP contribution in [0.5, 0.6) is 5.75 Å². The van der Waals surface area contributed by atoms with Gasteiger partial charge in [0.25, 0.3) is 0 Å². The van der Waals surface area contributed by atoms with Gasteiger partial charge in [0.1, 0.15) is 11.6 Å². The Morgan fingerprint density at radius 2 is 2.05 bits per heavy atom. The van der Waals surface area contributed by atoms with Gasteiger partial charge in [0, 0.05) is 24.1 Å². The molecule has 1 heterocycles. The van der Waals surface area contributed by atoms with Crippen LogP contribution in [0.2, 0.25) is 0 Å². The second-order valence-corrected chi connectivity index (χ2v) is 5.37. The van der Waals surface area contributed by atoms with Crippen LogP contribution < -0.4 is 4.74 Å². The molecule has 0 N–H and O–H groups in total. The van der Waals surface area contributed by atoms with Gasteiger partial charge < -0.3 is 4.74 Å². The summed E-state index contributed by atoms with van der Waals surface area (Å²) < 4.78 is 7.45. The average Bonchev–Trinajstić information content (AvgIpc) is 2.84. The summed E-state index contributed by atoms with van der Waals surface area (Å²) in [5.74, 6) is 2.33. The van der Waals surface area contributed by atoms with Gasteiger partial charge in [0.2, 0.25) is 0 Å². The van der Waals surface area contributed by atoms with E-state index >= 15 is 0 Å². The fraction of sp³-hybridized carbons (Fsp3) is 0.235. The molecule has 0 radical (unpaired) electrons. The van der Waals surface area contributed by atoms with Crippen LogP contribution in [-0.2, 0) is 6.42 Å². The molecular weight excluding hydrogens is 284 g/mol. The smallest absolute Gasteiger partial charge is 0.121 e. The van der Waals surface area contributed by atoms with E-state index in [-0.39, 0.29) is 0 Å². The highest BCUT2D eigenvalue weighted by atomic mass is 35.5. The highest BCUT2D eigenvalue weighted by Crippen LogP contribution is 2.26. The molecule has 0 atom stereocenters. The summed E-state index contributed by atoms with van der Waals surface area (Å²) in [5, 5.41) is 0. The zero-order valence-electron chi connectivity index (χ0n) is 12.1. The van der Waals surface area contributed by atoms with Gasteiger partial charge in [0.05, 0.1) is 18.1 Å². The third-order valence-electron chi connectivity index (χ3n) is 3.51. The van der Waals surface area contributed by atoms with Crippen LogP contribution in [0.3, 0.4) is 0 Å². The summed E-state index contributed by atoms with van der Waals surface area (Å²) in [6.45, 7) is 2.09. The van der Waals surface area contributed by atoms with Crippen molar-refractivity contribution < 1.29 is 4.74 Å². The summed E-state index contributed by atoms with van der Waals surface area (Å²) in [6.07, 6.45) is 0.729. The quantitative estimate of drug-likeness (QED) is 0.678. The second-order valence-electron chi connectivity index (χ2n) is 5.00. The first-order chi connectivity index (χ1) is 10.2. The molecule has 0 aliphatic heterocycles. The zero-order valence-corrected chi connectivity index (χ0v) is 12.9. The second kappa shape index (κ2) is 5.78. The van der Waals surface area contributed by atoms with Gasteiger partial charge in [-0.2, -0.15) is 0 Å². The predicted octanol–water partition coefficient (Wildman–Crippen LogP) is 4.12. The number of benzene rings is 2. The fourth-order valence-electron chi connectivity index (χ4n) is 2.54. The van der Waals surface area contributed by atoms with Gasteiger partial charge in [-0.05, 0) is 36.8 Å². The minimum Gasteiger partial charge on any atom is -0.497 e. The standard InChI is InChI=1S/C17H17ClN2O/c1-12-4-3-5-13(10-12)20-16-7-6-14(21-2)11-15(16)19-17(20)8-9-18/h3-7,10-11H,8-9H2,1-2H3. The molecule has 0 amide bonds. The van der Waals surface area contributed by atoms with E-state index in [9.17, 15) is 0 Å². The number of fused-ring (bicyclic) bond motifs is 1. The van der Waals surface area contributed by atoms with Crippen LogP contribution >= 0.6 is 11.6 Å². The van der Waals surface area contributed by atoms with Crippen molar-refractivity contribution in [3.63, 3.8) is 0 Å². The molecule has 0 aliphatic carbocycles. The molecule has 0 saturated heterocycles. The number of methoxy groups -OCH3 is 1. The van der Waals surface area contributed by atoms with E-state index in [0.717, 1.165) is 34.7 Å². The lowest BCUT2D eigenvalue weighted by molar-refractivity contribution is 0.415. The van der Waals surface area contributed by atoms with Gasteiger partial charge >= 0.3 is 0 Å². The number of nitrogens with zero attached hydrogens (tertiary/aromatic N) is 2. The van der Waals surface area contributed by atoms with Crippen molar-refractivity contribution in [3.8, 4) is 11.4 Å². The Kier molecular flexibility index (Phi) is 3.84. The topological polar surface area (TPSA) is 27.1 Å². The lowest BCUT2D eigenvalue weighted by Crippen LogP contribution is -2.02. The van der Waals surface area contributed by atoms with E-state index in [1.807, 2.05) is 18.2 Å². The van der Waals surface area contributed by atoms with E-state index < -0.39 is 0 Å². The van der Waals surface area contributed by atoms with Gasteiger partial charge in [-0.3, -0.25) is 4.57 Å². The number of aryl methyl sites for hydroxylation is 2. The van der Waals surface area contributed by atoms with Crippen LogP contribution in [0.1, 0.15) is 11.4 Å². The average molecular weight is 301 g/mol. The van der Waals surface area contributed by atoms with Crippen LogP contribution in [0.15, 0.2) is 42.5 Å². The van der Waals surface area contributed by atoms with Crippen LogP contribution in [0.25, 0.3) is 16.7 Å². The molecule has 0 unspecified atom stereocenters. The maximum absolute atomic E-state index is 5.93. The monoisotopic (exact) mass is 300 g/mol. The van der Waals surface area contributed by atoms with Crippen molar-refractivity contribution in [2.45, 2.75) is 13.3 Å². The fourth-order valence-corrected chi connectivity index (χ4v) is 2.71. The number of alkyl halides is 1. The first kappa shape index (κ1) is 14.0. The Balaban J connectivity index is 2.25. The predicted molar refractivity (Wildman–Crippen MR) is 86.8 cm³/mol. The number of aromatic nitrogens is 2. The minimum absolute atomic E-state index is 0.548. The molecule has 3 nitrogen and oxygen atoms in total. The third-order valence-corrected chi connectivity index (χ3v) is 3.70. The Hall–Kier alpha value is -2.00. The molecule has 0 saturated carbocycles. The van der Waals surface area contributed by atoms with Crippen molar-refractivity contribution in [3.05, 3.63) is 53.9 Å². The maximum atomic E-state index is 5.93. The first-order valence-corrected chi connectivity index (χ1v) is 7.45. The van der Waals surface area contributed by atoms with E-state index in [1.54, 1.807) is 7.11 Å². The van der Waals surface area contributed by atoms with Gasteiger partial charge in [-0.25, -0.2) is 4.98 Å². The number of hydrogen-bond acceptors (Lipinski definition) is 2. The van der Waals surface area contributed by atoms with Gasteiger partial charge in [-0.15, -0.1) is 11.6 Å². The summed E-state index contributed by atoms with van der Waals surface area (Å²) in [6, 6.07) is 14.4. The maximum Gasteiger partial charge on any atom is 0.121 e. The summed E-state index contributed by atoms with van der Waals surface area (Å²) in [4.78, 5) is 4.72. The van der Waals surface area contributed by atoms with Gasteiger partial charge in [0.15, 0.2) is 0 Å². The Labute approximate surface area is 129 Å². The van der Waals surface area contributed by atoms with Crippen LogP contribution in [-0.4, -0.2) is 22.5 Å². The molecule has 3 aromatic rings. The SMILES string of the molecule is COc1ccc2c(c1)nc(CCCl)n2-c1cccc(C)c1. The molecule has 0 aliphatic rings. The van der Waals surface area contributed by atoms with E-state index in [1.165, 1.54) is 5.56 Å². The molecule has 1 aromatic heterocycles. The zero-order chi connectivity index (χ0) is 14.8. The molecule has 0 spiro atoms. The Bertz CT molecular complexity index is 780. The highest BCUT2D eigenvalue weighted by Gasteiger charge is 2.12. The lowest BCUT2D eigenvalue weighted by Gasteiger charge is -2.09. The molecule has 3 rings (SSSR count). The van der Waals surface area contributed by atoms with E-state index in [2.05, 4.69) is 35.8 Å². The lowest BCUT2D eigenvalue weighted by atomic mass is 10.2. The van der Waals surface area contributed by atoms with Crippen molar-refractivity contribution in [1.82, 2.24) is 9.55 Å². The summed E-state index contributed by atoms with van der Waals surface area (Å²) in [7, 11) is 1.67.